The fourth-order valence-corrected chi connectivity index (χ4v) is 1.87. The molecule has 0 radical (unpaired) electrons. The van der Waals surface area contributed by atoms with Crippen LogP contribution in [0.15, 0.2) is 0 Å². The smallest absolute Gasteiger partial charge is 0.305 e. The third-order valence-corrected chi connectivity index (χ3v) is 2.90. The van der Waals surface area contributed by atoms with Gasteiger partial charge in [-0.05, 0) is 19.3 Å². The maximum absolute atomic E-state index is 11.9. The van der Waals surface area contributed by atoms with Gasteiger partial charge in [-0.2, -0.15) is 0 Å². The Hall–Kier alpha value is -1.10. The topological polar surface area (TPSA) is 75.6 Å². The van der Waals surface area contributed by atoms with Gasteiger partial charge in [0.2, 0.25) is 5.91 Å². The summed E-state index contributed by atoms with van der Waals surface area (Å²) in [6.07, 6.45) is 0.649. The predicted molar refractivity (Wildman–Crippen MR) is 62.6 cm³/mol. The maximum Gasteiger partial charge on any atom is 0.305 e. The highest BCUT2D eigenvalue weighted by Gasteiger charge is 2.41. The second-order valence-corrected chi connectivity index (χ2v) is 5.45. The normalized spacial score (nSPS) is 19.5. The van der Waals surface area contributed by atoms with E-state index in [2.05, 4.69) is 5.32 Å². The van der Waals surface area contributed by atoms with Crippen LogP contribution in [0.1, 0.15) is 33.6 Å². The van der Waals surface area contributed by atoms with Crippen LogP contribution in [0.25, 0.3) is 0 Å². The third-order valence-electron chi connectivity index (χ3n) is 2.90. The Bertz CT molecular complexity index is 297. The van der Waals surface area contributed by atoms with Gasteiger partial charge in [0.15, 0.2) is 0 Å². The quantitative estimate of drug-likeness (QED) is 0.730. The van der Waals surface area contributed by atoms with E-state index in [4.69, 9.17) is 9.84 Å². The highest BCUT2D eigenvalue weighted by molar-refractivity contribution is 5.84. The number of hydrogen-bond donors (Lipinski definition) is 2. The molecule has 0 bridgehead atoms. The summed E-state index contributed by atoms with van der Waals surface area (Å²) in [5.74, 6) is -0.633. The molecule has 1 heterocycles. The van der Waals surface area contributed by atoms with Crippen molar-refractivity contribution < 1.29 is 19.4 Å². The molecule has 1 fully saturated rings. The van der Waals surface area contributed by atoms with E-state index in [9.17, 15) is 9.59 Å². The highest BCUT2D eigenvalue weighted by atomic mass is 16.5. The van der Waals surface area contributed by atoms with Gasteiger partial charge in [0.05, 0.1) is 25.0 Å². The Kier molecular flexibility index (Phi) is 4.51. The molecule has 0 unspecified atom stereocenters. The SMILES string of the molecule is CC(C)C[C@H](CC(=O)O)NC(=O)C1(C)COC1. The lowest BCUT2D eigenvalue weighted by Crippen LogP contribution is -2.54. The average Bonchev–Trinajstić information content (AvgIpc) is 2.11. The van der Waals surface area contributed by atoms with Crippen molar-refractivity contribution in [3.05, 3.63) is 0 Å². The number of carboxylic acid groups (broad SMARTS) is 1. The number of ether oxygens (including phenoxy) is 1. The van der Waals surface area contributed by atoms with Gasteiger partial charge in [0, 0.05) is 6.04 Å². The number of amides is 1. The zero-order valence-electron chi connectivity index (χ0n) is 10.7. The Balaban J connectivity index is 2.52. The van der Waals surface area contributed by atoms with E-state index in [1.54, 1.807) is 0 Å². The van der Waals surface area contributed by atoms with E-state index in [-0.39, 0.29) is 18.4 Å². The number of carboxylic acids is 1. The van der Waals surface area contributed by atoms with Crippen LogP contribution >= 0.6 is 0 Å². The summed E-state index contributed by atoms with van der Waals surface area (Å²) in [5, 5.41) is 11.6. The summed E-state index contributed by atoms with van der Waals surface area (Å²) < 4.78 is 5.03. The average molecular weight is 243 g/mol. The van der Waals surface area contributed by atoms with Gasteiger partial charge in [0.1, 0.15) is 0 Å². The third kappa shape index (κ3) is 4.00. The van der Waals surface area contributed by atoms with Crippen molar-refractivity contribution in [2.45, 2.75) is 39.7 Å². The minimum atomic E-state index is -0.883. The standard InChI is InChI=1S/C12H21NO4/c1-8(2)4-9(5-10(14)15)13-11(16)12(3)6-17-7-12/h8-9H,4-7H2,1-3H3,(H,13,16)(H,14,15)/t9-/m1/s1. The van der Waals surface area contributed by atoms with E-state index in [0.717, 1.165) is 0 Å². The number of carbonyl (C=O) groups is 2. The molecule has 1 atom stereocenters. The van der Waals surface area contributed by atoms with Crippen molar-refractivity contribution in [3.8, 4) is 0 Å². The molecule has 0 saturated carbocycles. The van der Waals surface area contributed by atoms with Crippen LogP contribution in [0.5, 0.6) is 0 Å². The summed E-state index contributed by atoms with van der Waals surface area (Å²) >= 11 is 0. The van der Waals surface area contributed by atoms with Crippen molar-refractivity contribution in [3.63, 3.8) is 0 Å². The van der Waals surface area contributed by atoms with Gasteiger partial charge in [-0.25, -0.2) is 0 Å². The van der Waals surface area contributed by atoms with Crippen LogP contribution in [0.4, 0.5) is 0 Å². The van der Waals surface area contributed by atoms with Gasteiger partial charge in [-0.3, -0.25) is 9.59 Å². The fraction of sp³-hybridized carbons (Fsp3) is 0.833. The molecule has 17 heavy (non-hydrogen) atoms. The van der Waals surface area contributed by atoms with Crippen molar-refractivity contribution in [1.82, 2.24) is 5.32 Å². The summed E-state index contributed by atoms with van der Waals surface area (Å²) in [6.45, 7) is 6.68. The summed E-state index contributed by atoms with van der Waals surface area (Å²) in [7, 11) is 0. The second-order valence-electron chi connectivity index (χ2n) is 5.45. The monoisotopic (exact) mass is 243 g/mol. The number of aliphatic carboxylic acids is 1. The van der Waals surface area contributed by atoms with E-state index in [1.165, 1.54) is 0 Å². The van der Waals surface area contributed by atoms with E-state index < -0.39 is 11.4 Å². The predicted octanol–water partition coefficient (Wildman–Crippen LogP) is 1.03. The van der Waals surface area contributed by atoms with E-state index in [0.29, 0.717) is 25.6 Å². The molecule has 0 aliphatic carbocycles. The fourth-order valence-electron chi connectivity index (χ4n) is 1.87. The first-order chi connectivity index (χ1) is 7.83. The summed E-state index contributed by atoms with van der Waals surface area (Å²) in [5.41, 5.74) is -0.478. The van der Waals surface area contributed by atoms with Crippen molar-refractivity contribution >= 4 is 11.9 Å². The molecule has 0 aromatic carbocycles. The number of rotatable bonds is 6. The molecule has 2 N–H and O–H groups in total. The molecule has 1 rings (SSSR count). The van der Waals surface area contributed by atoms with E-state index >= 15 is 0 Å². The van der Waals surface area contributed by atoms with Crippen LogP contribution in [-0.2, 0) is 14.3 Å². The lowest BCUT2D eigenvalue weighted by molar-refractivity contribution is -0.158. The number of nitrogens with one attached hydrogen (secondary N) is 1. The van der Waals surface area contributed by atoms with Crippen LogP contribution in [0.2, 0.25) is 0 Å². The molecule has 0 aromatic heterocycles. The van der Waals surface area contributed by atoms with Crippen LogP contribution < -0.4 is 5.32 Å². The molecule has 1 aliphatic heterocycles. The molecule has 1 aliphatic rings. The summed E-state index contributed by atoms with van der Waals surface area (Å²) in [6, 6.07) is -0.294. The number of carbonyl (C=O) groups excluding carboxylic acids is 1. The molecule has 0 aromatic rings. The molecule has 1 saturated heterocycles. The number of hydrogen-bond acceptors (Lipinski definition) is 3. The van der Waals surface area contributed by atoms with Crippen molar-refractivity contribution in [2.24, 2.45) is 11.3 Å². The molecular weight excluding hydrogens is 222 g/mol. The molecule has 1 amide bonds. The van der Waals surface area contributed by atoms with Gasteiger partial charge in [0.25, 0.3) is 0 Å². The molecule has 5 nitrogen and oxygen atoms in total. The zero-order chi connectivity index (χ0) is 13.1. The lowest BCUT2D eigenvalue weighted by atomic mass is 9.87. The maximum atomic E-state index is 11.9. The first-order valence-corrected chi connectivity index (χ1v) is 5.94. The van der Waals surface area contributed by atoms with Crippen LogP contribution in [-0.4, -0.2) is 36.2 Å². The van der Waals surface area contributed by atoms with Gasteiger partial charge < -0.3 is 15.2 Å². The molecule has 0 spiro atoms. The Morgan fingerprint density at radius 3 is 2.35 bits per heavy atom. The Morgan fingerprint density at radius 1 is 1.41 bits per heavy atom. The molecule has 5 heteroatoms. The molecular formula is C12H21NO4. The van der Waals surface area contributed by atoms with Crippen LogP contribution in [0, 0.1) is 11.3 Å². The Labute approximate surface area is 102 Å². The van der Waals surface area contributed by atoms with Gasteiger partial charge >= 0.3 is 5.97 Å². The van der Waals surface area contributed by atoms with E-state index in [1.807, 2.05) is 20.8 Å². The van der Waals surface area contributed by atoms with Crippen molar-refractivity contribution in [1.29, 1.82) is 0 Å². The Morgan fingerprint density at radius 2 is 2.00 bits per heavy atom. The van der Waals surface area contributed by atoms with Crippen molar-refractivity contribution in [2.75, 3.05) is 13.2 Å². The minimum absolute atomic E-state index is 0.0269. The minimum Gasteiger partial charge on any atom is -0.481 e. The van der Waals surface area contributed by atoms with Crippen LogP contribution in [0.3, 0.4) is 0 Å². The first-order valence-electron chi connectivity index (χ1n) is 5.94. The molecule has 98 valence electrons. The first kappa shape index (κ1) is 14.0. The lowest BCUT2D eigenvalue weighted by Gasteiger charge is -2.37. The highest BCUT2D eigenvalue weighted by Crippen LogP contribution is 2.27. The van der Waals surface area contributed by atoms with Gasteiger partial charge in [-0.15, -0.1) is 0 Å². The summed E-state index contributed by atoms with van der Waals surface area (Å²) in [4.78, 5) is 22.7. The largest absolute Gasteiger partial charge is 0.481 e. The zero-order valence-corrected chi connectivity index (χ0v) is 10.7. The second kappa shape index (κ2) is 5.49. The van der Waals surface area contributed by atoms with Gasteiger partial charge in [-0.1, -0.05) is 13.8 Å².